The number of nitro groups is 1. The van der Waals surface area contributed by atoms with E-state index in [0.717, 1.165) is 5.56 Å². The smallest absolute Gasteiger partial charge is 0.342 e. The van der Waals surface area contributed by atoms with Crippen molar-refractivity contribution in [2.24, 2.45) is 0 Å². The second-order valence-electron chi connectivity index (χ2n) is 2.85. The Kier molecular flexibility index (Phi) is 3.79. The summed E-state index contributed by atoms with van der Waals surface area (Å²) in [7, 11) is 0. The molecule has 0 aliphatic carbocycles. The van der Waals surface area contributed by atoms with E-state index in [4.69, 9.17) is 5.11 Å². The molecule has 80 valence electrons. The van der Waals surface area contributed by atoms with Gasteiger partial charge in [0.1, 0.15) is 5.56 Å². The van der Waals surface area contributed by atoms with Crippen molar-refractivity contribution < 1.29 is 14.8 Å². The quantitative estimate of drug-likeness (QED) is 0.518. The zero-order chi connectivity index (χ0) is 11.4. The van der Waals surface area contributed by atoms with E-state index in [2.05, 4.69) is 15.9 Å². The number of aryl methyl sites for hydroxylation is 1. The molecule has 6 heteroatoms. The van der Waals surface area contributed by atoms with Gasteiger partial charge in [-0.2, -0.15) is 0 Å². The van der Waals surface area contributed by atoms with Crippen molar-refractivity contribution in [1.29, 1.82) is 0 Å². The van der Waals surface area contributed by atoms with Crippen LogP contribution in [0.4, 0.5) is 5.69 Å². The molecule has 0 unspecified atom stereocenters. The Morgan fingerprint density at radius 3 is 2.67 bits per heavy atom. The van der Waals surface area contributed by atoms with Crippen LogP contribution < -0.4 is 0 Å². The minimum absolute atomic E-state index is 0.279. The Bertz CT molecular complexity index is 405. The van der Waals surface area contributed by atoms with Gasteiger partial charge >= 0.3 is 5.97 Å². The molecular weight excluding hydrogens is 266 g/mol. The summed E-state index contributed by atoms with van der Waals surface area (Å²) in [5.74, 6) is -1.29. The second-order valence-corrected chi connectivity index (χ2v) is 3.65. The molecule has 1 N–H and O–H groups in total. The zero-order valence-corrected chi connectivity index (χ0v) is 9.23. The van der Waals surface area contributed by atoms with Crippen LogP contribution in [0.25, 0.3) is 0 Å². The molecule has 0 radical (unpaired) electrons. The molecule has 0 aromatic heterocycles. The van der Waals surface area contributed by atoms with Crippen molar-refractivity contribution in [3.63, 3.8) is 0 Å². The van der Waals surface area contributed by atoms with Crippen LogP contribution in [0.2, 0.25) is 0 Å². The van der Waals surface area contributed by atoms with Crippen LogP contribution in [0.3, 0.4) is 0 Å². The number of carboxylic acid groups (broad SMARTS) is 1. The van der Waals surface area contributed by atoms with E-state index in [0.29, 0.717) is 11.8 Å². The molecule has 0 spiro atoms. The Morgan fingerprint density at radius 2 is 2.20 bits per heavy atom. The van der Waals surface area contributed by atoms with E-state index in [-0.39, 0.29) is 11.3 Å². The van der Waals surface area contributed by atoms with E-state index < -0.39 is 10.9 Å². The summed E-state index contributed by atoms with van der Waals surface area (Å²) in [4.78, 5) is 20.6. The number of hydrogen-bond acceptors (Lipinski definition) is 3. The average Bonchev–Trinajstić information content (AvgIpc) is 2.17. The highest BCUT2D eigenvalue weighted by Gasteiger charge is 2.19. The molecule has 0 heterocycles. The molecule has 0 amide bonds. The van der Waals surface area contributed by atoms with Gasteiger partial charge in [-0.05, 0) is 18.1 Å². The van der Waals surface area contributed by atoms with Gasteiger partial charge in [0.15, 0.2) is 0 Å². The Hall–Kier alpha value is -1.43. The fourth-order valence-electron chi connectivity index (χ4n) is 1.17. The number of benzene rings is 1. The first kappa shape index (κ1) is 11.6. The molecule has 0 saturated carbocycles. The van der Waals surface area contributed by atoms with E-state index >= 15 is 0 Å². The van der Waals surface area contributed by atoms with Gasteiger partial charge in [0, 0.05) is 11.4 Å². The van der Waals surface area contributed by atoms with Crippen LogP contribution in [0.15, 0.2) is 18.2 Å². The third-order valence-electron chi connectivity index (χ3n) is 1.87. The molecule has 1 aromatic carbocycles. The third-order valence-corrected chi connectivity index (χ3v) is 2.27. The Labute approximate surface area is 94.0 Å². The lowest BCUT2D eigenvalue weighted by atomic mass is 10.1. The van der Waals surface area contributed by atoms with Crippen molar-refractivity contribution in [1.82, 2.24) is 0 Å². The van der Waals surface area contributed by atoms with Crippen molar-refractivity contribution in [2.75, 3.05) is 5.33 Å². The summed E-state index contributed by atoms with van der Waals surface area (Å²) in [6, 6.07) is 4.14. The molecule has 0 fully saturated rings. The number of alkyl halides is 1. The first-order valence-electron chi connectivity index (χ1n) is 4.13. The molecule has 1 rings (SSSR count). The number of nitrogens with zero attached hydrogens (tertiary/aromatic N) is 1. The summed E-state index contributed by atoms with van der Waals surface area (Å²) in [5, 5.41) is 20.0. The standard InChI is InChI=1S/C9H8BrNO4/c10-4-3-6-1-2-7(9(12)13)8(5-6)11(14)15/h1-2,5H,3-4H2,(H,12,13). The molecule has 15 heavy (non-hydrogen) atoms. The number of rotatable bonds is 4. The van der Waals surface area contributed by atoms with Gasteiger partial charge in [0.25, 0.3) is 5.69 Å². The molecule has 0 aliphatic rings. The molecule has 0 aliphatic heterocycles. The van der Waals surface area contributed by atoms with Crippen LogP contribution in [0.1, 0.15) is 15.9 Å². The normalized spacial score (nSPS) is 9.93. The van der Waals surface area contributed by atoms with Gasteiger partial charge in [-0.3, -0.25) is 10.1 Å². The van der Waals surface area contributed by atoms with Gasteiger partial charge in [-0.25, -0.2) is 4.79 Å². The summed E-state index contributed by atoms with van der Waals surface area (Å²) in [6.07, 6.45) is 0.626. The molecule has 1 aromatic rings. The summed E-state index contributed by atoms with van der Waals surface area (Å²) in [6.45, 7) is 0. The number of halogens is 1. The number of nitro benzene ring substituents is 1. The van der Waals surface area contributed by atoms with E-state index in [9.17, 15) is 14.9 Å². The number of carbonyl (C=O) groups is 1. The lowest BCUT2D eigenvalue weighted by molar-refractivity contribution is -0.385. The van der Waals surface area contributed by atoms with Crippen LogP contribution in [0, 0.1) is 10.1 Å². The van der Waals surface area contributed by atoms with Gasteiger partial charge < -0.3 is 5.11 Å². The van der Waals surface area contributed by atoms with Crippen LogP contribution in [-0.2, 0) is 6.42 Å². The van der Waals surface area contributed by atoms with Gasteiger partial charge in [0.2, 0.25) is 0 Å². The SMILES string of the molecule is O=C(O)c1ccc(CCBr)cc1[N+](=O)[O-]. The number of carboxylic acids is 1. The first-order chi connectivity index (χ1) is 7.06. The summed E-state index contributed by atoms with van der Waals surface area (Å²) < 4.78 is 0. The molecule has 5 nitrogen and oxygen atoms in total. The van der Waals surface area contributed by atoms with Gasteiger partial charge in [-0.1, -0.05) is 22.0 Å². The van der Waals surface area contributed by atoms with Crippen molar-refractivity contribution in [3.05, 3.63) is 39.4 Å². The van der Waals surface area contributed by atoms with Crippen molar-refractivity contribution >= 4 is 27.6 Å². The molecule has 0 atom stereocenters. The summed E-state index contributed by atoms with van der Waals surface area (Å²) in [5.41, 5.74) is 0.0999. The molecule has 0 saturated heterocycles. The van der Waals surface area contributed by atoms with Crippen LogP contribution >= 0.6 is 15.9 Å². The zero-order valence-electron chi connectivity index (χ0n) is 7.64. The minimum atomic E-state index is -1.29. The minimum Gasteiger partial charge on any atom is -0.477 e. The predicted molar refractivity (Wildman–Crippen MR) is 57.6 cm³/mol. The lowest BCUT2D eigenvalue weighted by Crippen LogP contribution is -2.03. The highest BCUT2D eigenvalue weighted by Crippen LogP contribution is 2.20. The fourth-order valence-corrected chi connectivity index (χ4v) is 1.63. The van der Waals surface area contributed by atoms with Crippen LogP contribution in [0.5, 0.6) is 0 Å². The van der Waals surface area contributed by atoms with Crippen molar-refractivity contribution in [3.8, 4) is 0 Å². The Morgan fingerprint density at radius 1 is 1.53 bits per heavy atom. The summed E-state index contributed by atoms with van der Waals surface area (Å²) >= 11 is 3.21. The maximum Gasteiger partial charge on any atom is 0.342 e. The van der Waals surface area contributed by atoms with E-state index in [1.165, 1.54) is 12.1 Å². The van der Waals surface area contributed by atoms with Crippen LogP contribution in [-0.4, -0.2) is 21.3 Å². The average molecular weight is 274 g/mol. The maximum atomic E-state index is 10.7. The fraction of sp³-hybridized carbons (Fsp3) is 0.222. The molecular formula is C9H8BrNO4. The predicted octanol–water partition coefficient (Wildman–Crippen LogP) is 2.23. The first-order valence-corrected chi connectivity index (χ1v) is 5.25. The monoisotopic (exact) mass is 273 g/mol. The van der Waals surface area contributed by atoms with E-state index in [1.54, 1.807) is 6.07 Å². The third kappa shape index (κ3) is 2.76. The van der Waals surface area contributed by atoms with Gasteiger partial charge in [-0.15, -0.1) is 0 Å². The Balaban J connectivity index is 3.21. The highest BCUT2D eigenvalue weighted by molar-refractivity contribution is 9.09. The largest absolute Gasteiger partial charge is 0.477 e. The maximum absolute atomic E-state index is 10.7. The van der Waals surface area contributed by atoms with Crippen molar-refractivity contribution in [2.45, 2.75) is 6.42 Å². The topological polar surface area (TPSA) is 80.4 Å². The number of aromatic carboxylic acids is 1. The molecule has 0 bridgehead atoms. The number of hydrogen-bond donors (Lipinski definition) is 1. The second kappa shape index (κ2) is 4.88. The van der Waals surface area contributed by atoms with Gasteiger partial charge in [0.05, 0.1) is 4.92 Å². The van der Waals surface area contributed by atoms with E-state index in [1.807, 2.05) is 0 Å². The lowest BCUT2D eigenvalue weighted by Gasteiger charge is -2.01. The highest BCUT2D eigenvalue weighted by atomic mass is 79.9.